The van der Waals surface area contributed by atoms with Crippen LogP contribution in [0.1, 0.15) is 37.7 Å². The van der Waals surface area contributed by atoms with E-state index in [1.54, 1.807) is 24.1 Å². The first kappa shape index (κ1) is 19.2. The maximum absolute atomic E-state index is 14.1. The van der Waals surface area contributed by atoms with E-state index in [0.29, 0.717) is 30.8 Å². The number of benzene rings is 1. The lowest BCUT2D eigenvalue weighted by atomic mass is 9.76. The fraction of sp³-hybridized carbons (Fsp3) is 0.619. The summed E-state index contributed by atoms with van der Waals surface area (Å²) in [6.07, 6.45) is 3.96. The van der Waals surface area contributed by atoms with Crippen LogP contribution in [0.3, 0.4) is 0 Å². The lowest BCUT2D eigenvalue weighted by molar-refractivity contribution is -0.148. The number of rotatable bonds is 5. The molecule has 1 amide bonds. The zero-order chi connectivity index (χ0) is 19.9. The van der Waals surface area contributed by atoms with Gasteiger partial charge in [0.25, 0.3) is 0 Å². The first-order valence-corrected chi connectivity index (χ1v) is 9.99. The number of hydrogen-bond donors (Lipinski definition) is 1. The monoisotopic (exact) mass is 390 g/mol. The number of carboxylic acid groups (broad SMARTS) is 1. The Hall–Kier alpha value is -2.15. The number of carbonyl (C=O) groups excluding carboxylic acids is 1. The van der Waals surface area contributed by atoms with Crippen LogP contribution in [-0.2, 0) is 16.1 Å². The topological polar surface area (TPSA) is 70.1 Å². The number of methoxy groups -OCH3 is 1. The van der Waals surface area contributed by atoms with Crippen LogP contribution in [0.2, 0.25) is 0 Å². The predicted octanol–water partition coefficient (Wildman–Crippen LogP) is 2.51. The van der Waals surface area contributed by atoms with Crippen molar-refractivity contribution < 1.29 is 23.8 Å². The smallest absolute Gasteiger partial charge is 0.326 e. The maximum atomic E-state index is 14.1. The number of ether oxygens (including phenoxy) is 1. The number of halogens is 1. The molecule has 0 bridgehead atoms. The lowest BCUT2D eigenvalue weighted by Crippen LogP contribution is -2.43. The van der Waals surface area contributed by atoms with E-state index in [4.69, 9.17) is 4.74 Å². The Labute approximate surface area is 164 Å². The summed E-state index contributed by atoms with van der Waals surface area (Å²) < 4.78 is 19.3. The number of piperidine rings is 1. The van der Waals surface area contributed by atoms with Gasteiger partial charge in [-0.25, -0.2) is 9.18 Å². The number of hydrogen-bond acceptors (Lipinski definition) is 4. The zero-order valence-corrected chi connectivity index (χ0v) is 16.2. The number of likely N-dealkylation sites (tertiary alicyclic amines) is 2. The second kappa shape index (κ2) is 7.35. The normalized spacial score (nSPS) is 24.5. The number of carboxylic acids is 1. The molecule has 1 spiro atoms. The molecule has 1 N–H and O–H groups in total. The Balaban J connectivity index is 1.40. The van der Waals surface area contributed by atoms with E-state index in [1.807, 2.05) is 0 Å². The minimum Gasteiger partial charge on any atom is -0.497 e. The third kappa shape index (κ3) is 3.72. The number of nitrogens with zero attached hydrogens (tertiary/aromatic N) is 2. The van der Waals surface area contributed by atoms with Crippen LogP contribution in [0.15, 0.2) is 18.2 Å². The van der Waals surface area contributed by atoms with Crippen molar-refractivity contribution in [3.8, 4) is 5.75 Å². The van der Waals surface area contributed by atoms with Crippen LogP contribution in [0.4, 0.5) is 4.39 Å². The van der Waals surface area contributed by atoms with E-state index < -0.39 is 12.0 Å². The second-order valence-corrected chi connectivity index (χ2v) is 8.53. The van der Waals surface area contributed by atoms with E-state index in [-0.39, 0.29) is 23.1 Å². The number of aliphatic carboxylic acids is 1. The predicted molar refractivity (Wildman–Crippen MR) is 100 cm³/mol. The average Bonchev–Trinajstić information content (AvgIpc) is 3.47. The SMILES string of the molecule is COc1ccc(F)c(CN2CCC3(CC2)C[C@@H](C(=O)O)N(C(=O)C2CC2)C3)c1. The van der Waals surface area contributed by atoms with Crippen molar-refractivity contribution in [1.82, 2.24) is 9.80 Å². The Morgan fingerprint density at radius 1 is 1.29 bits per heavy atom. The summed E-state index contributed by atoms with van der Waals surface area (Å²) in [6.45, 7) is 2.59. The molecule has 0 radical (unpaired) electrons. The summed E-state index contributed by atoms with van der Waals surface area (Å²) in [6, 6.07) is 4.07. The summed E-state index contributed by atoms with van der Waals surface area (Å²) in [4.78, 5) is 28.1. The molecule has 1 aromatic rings. The van der Waals surface area contributed by atoms with Crippen LogP contribution >= 0.6 is 0 Å². The fourth-order valence-electron chi connectivity index (χ4n) is 4.66. The van der Waals surface area contributed by atoms with E-state index >= 15 is 0 Å². The fourth-order valence-corrected chi connectivity index (χ4v) is 4.66. The molecule has 1 saturated carbocycles. The summed E-state index contributed by atoms with van der Waals surface area (Å²) >= 11 is 0. The van der Waals surface area contributed by atoms with Crippen LogP contribution in [0.5, 0.6) is 5.75 Å². The Kier molecular flexibility index (Phi) is 5.04. The highest BCUT2D eigenvalue weighted by Crippen LogP contribution is 2.45. The molecule has 1 atom stereocenters. The summed E-state index contributed by atoms with van der Waals surface area (Å²) in [5.74, 6) is -0.446. The largest absolute Gasteiger partial charge is 0.497 e. The molecule has 0 aromatic heterocycles. The van der Waals surface area contributed by atoms with E-state index in [0.717, 1.165) is 38.8 Å². The minimum atomic E-state index is -0.897. The standard InChI is InChI=1S/C21H27FN2O4/c1-28-16-4-5-17(22)15(10-16)12-23-8-6-21(7-9-23)11-18(20(26)27)24(13-21)19(25)14-2-3-14/h4-5,10,14,18H,2-3,6-9,11-13H2,1H3,(H,26,27)/t18-/m0/s1. The molecule has 1 aliphatic carbocycles. The van der Waals surface area contributed by atoms with Gasteiger partial charge in [-0.05, 0) is 68.8 Å². The van der Waals surface area contributed by atoms with Gasteiger partial charge >= 0.3 is 5.97 Å². The molecular weight excluding hydrogens is 363 g/mol. The molecule has 6 nitrogen and oxygen atoms in total. The van der Waals surface area contributed by atoms with E-state index in [2.05, 4.69) is 4.90 Å². The molecule has 4 rings (SSSR count). The molecule has 2 aliphatic heterocycles. The number of carbonyl (C=O) groups is 2. The number of amides is 1. The van der Waals surface area contributed by atoms with Gasteiger partial charge < -0.3 is 14.7 Å². The molecular formula is C21H27FN2O4. The third-order valence-electron chi connectivity index (χ3n) is 6.57. The van der Waals surface area contributed by atoms with Crippen molar-refractivity contribution in [2.45, 2.75) is 44.7 Å². The van der Waals surface area contributed by atoms with Crippen molar-refractivity contribution >= 4 is 11.9 Å². The van der Waals surface area contributed by atoms with Gasteiger partial charge in [-0.3, -0.25) is 9.69 Å². The van der Waals surface area contributed by atoms with Gasteiger partial charge in [0.05, 0.1) is 7.11 Å². The molecule has 0 unspecified atom stereocenters. The summed E-state index contributed by atoms with van der Waals surface area (Å²) in [5, 5.41) is 9.62. The zero-order valence-electron chi connectivity index (χ0n) is 16.2. The first-order chi connectivity index (χ1) is 13.4. The maximum Gasteiger partial charge on any atom is 0.326 e. The average molecular weight is 390 g/mol. The summed E-state index contributed by atoms with van der Waals surface area (Å²) in [7, 11) is 1.56. The Bertz CT molecular complexity index is 772. The molecule has 2 saturated heterocycles. The van der Waals surface area contributed by atoms with Gasteiger partial charge in [0.15, 0.2) is 0 Å². The van der Waals surface area contributed by atoms with Gasteiger partial charge in [-0.15, -0.1) is 0 Å². The van der Waals surface area contributed by atoms with Crippen LogP contribution < -0.4 is 4.74 Å². The van der Waals surface area contributed by atoms with Gasteiger partial charge in [0.1, 0.15) is 17.6 Å². The molecule has 152 valence electrons. The molecule has 3 fully saturated rings. The minimum absolute atomic E-state index is 0.0187. The first-order valence-electron chi connectivity index (χ1n) is 9.99. The molecule has 3 aliphatic rings. The third-order valence-corrected chi connectivity index (χ3v) is 6.57. The highest BCUT2D eigenvalue weighted by Gasteiger charge is 2.51. The van der Waals surface area contributed by atoms with Crippen molar-refractivity contribution in [2.75, 3.05) is 26.7 Å². The molecule has 2 heterocycles. The van der Waals surface area contributed by atoms with Crippen molar-refractivity contribution in [3.63, 3.8) is 0 Å². The Morgan fingerprint density at radius 2 is 2.00 bits per heavy atom. The van der Waals surface area contributed by atoms with Crippen molar-refractivity contribution in [1.29, 1.82) is 0 Å². The van der Waals surface area contributed by atoms with E-state index in [1.165, 1.54) is 6.07 Å². The quantitative estimate of drug-likeness (QED) is 0.837. The van der Waals surface area contributed by atoms with Crippen LogP contribution in [-0.4, -0.2) is 59.6 Å². The molecule has 28 heavy (non-hydrogen) atoms. The van der Waals surface area contributed by atoms with Crippen molar-refractivity contribution in [2.24, 2.45) is 11.3 Å². The van der Waals surface area contributed by atoms with Gasteiger partial charge in [-0.2, -0.15) is 0 Å². The van der Waals surface area contributed by atoms with E-state index in [9.17, 15) is 19.1 Å². The van der Waals surface area contributed by atoms with Crippen molar-refractivity contribution in [3.05, 3.63) is 29.6 Å². The lowest BCUT2D eigenvalue weighted by Gasteiger charge is -2.39. The molecule has 1 aromatic carbocycles. The highest BCUT2D eigenvalue weighted by atomic mass is 19.1. The summed E-state index contributed by atoms with van der Waals surface area (Å²) in [5.41, 5.74) is 0.479. The Morgan fingerprint density at radius 3 is 2.61 bits per heavy atom. The van der Waals surface area contributed by atoms with Crippen LogP contribution in [0, 0.1) is 17.2 Å². The van der Waals surface area contributed by atoms with Gasteiger partial charge in [-0.1, -0.05) is 0 Å². The van der Waals surface area contributed by atoms with Crippen LogP contribution in [0.25, 0.3) is 0 Å². The van der Waals surface area contributed by atoms with Gasteiger partial charge in [0.2, 0.25) is 5.91 Å². The molecule has 7 heteroatoms. The second-order valence-electron chi connectivity index (χ2n) is 8.53. The highest BCUT2D eigenvalue weighted by molar-refractivity contribution is 5.87. The van der Waals surface area contributed by atoms with Gasteiger partial charge in [0, 0.05) is 24.6 Å².